The largest absolute Gasteiger partial charge is 0.504 e. The number of carboxylic acid groups (broad SMARTS) is 1. The molecule has 0 saturated heterocycles. The minimum atomic E-state index is -1.43. The average Bonchev–Trinajstić information content (AvgIpc) is 2.80. The van der Waals surface area contributed by atoms with Crippen molar-refractivity contribution in [2.75, 3.05) is 0 Å². The van der Waals surface area contributed by atoms with Crippen LogP contribution in [0.1, 0.15) is 10.5 Å². The Bertz CT molecular complexity index is 642. The molecule has 8 heteroatoms. The quantitative estimate of drug-likeness (QED) is 0.743. The van der Waals surface area contributed by atoms with Crippen molar-refractivity contribution >= 4 is 21.9 Å². The first kappa shape index (κ1) is 12.5. The molecule has 3 N–H and O–H groups in total. The molecule has 18 heavy (non-hydrogen) atoms. The van der Waals surface area contributed by atoms with Crippen LogP contribution in [0.15, 0.2) is 16.6 Å². The molecule has 1 aromatic carbocycles. The van der Waals surface area contributed by atoms with Gasteiger partial charge in [-0.3, -0.25) is 5.10 Å². The maximum atomic E-state index is 13.6. The van der Waals surface area contributed by atoms with E-state index in [1.54, 1.807) is 0 Å². The molecule has 94 valence electrons. The maximum absolute atomic E-state index is 13.6. The highest BCUT2D eigenvalue weighted by Crippen LogP contribution is 2.35. The van der Waals surface area contributed by atoms with Crippen LogP contribution in [0.5, 0.6) is 5.75 Å². The van der Waals surface area contributed by atoms with Crippen LogP contribution >= 0.6 is 15.9 Å². The molecular weight excluding hydrogens is 314 g/mol. The highest BCUT2D eigenvalue weighted by Gasteiger charge is 2.20. The Morgan fingerprint density at radius 2 is 2.00 bits per heavy atom. The lowest BCUT2D eigenvalue weighted by Crippen LogP contribution is -1.95. The number of aromatic carboxylic acids is 1. The number of nitrogens with one attached hydrogen (secondary N) is 1. The second kappa shape index (κ2) is 4.37. The molecule has 0 radical (unpaired) electrons. The van der Waals surface area contributed by atoms with E-state index in [1.165, 1.54) is 0 Å². The number of hydrogen-bond donors (Lipinski definition) is 3. The molecule has 0 saturated carbocycles. The monoisotopic (exact) mass is 318 g/mol. The van der Waals surface area contributed by atoms with Crippen LogP contribution in [0.2, 0.25) is 0 Å². The Labute approximate surface area is 107 Å². The highest BCUT2D eigenvalue weighted by molar-refractivity contribution is 9.10. The van der Waals surface area contributed by atoms with Gasteiger partial charge in [-0.15, -0.1) is 0 Å². The van der Waals surface area contributed by atoms with E-state index in [-0.39, 0.29) is 21.4 Å². The average molecular weight is 319 g/mol. The van der Waals surface area contributed by atoms with Gasteiger partial charge in [-0.2, -0.15) is 9.49 Å². The first-order valence-electron chi connectivity index (χ1n) is 4.57. The number of phenols is 1. The minimum absolute atomic E-state index is 0.0590. The van der Waals surface area contributed by atoms with Crippen LogP contribution in [-0.2, 0) is 0 Å². The second-order valence-corrected chi connectivity index (χ2v) is 4.21. The lowest BCUT2D eigenvalue weighted by molar-refractivity contribution is 0.0690. The molecule has 1 heterocycles. The lowest BCUT2D eigenvalue weighted by atomic mass is 10.1. The number of halogens is 3. The molecule has 2 aromatic rings. The van der Waals surface area contributed by atoms with Crippen LogP contribution in [0, 0.1) is 11.6 Å². The van der Waals surface area contributed by atoms with Crippen molar-refractivity contribution in [2.24, 2.45) is 0 Å². The van der Waals surface area contributed by atoms with Gasteiger partial charge in [0, 0.05) is 5.56 Å². The molecular formula is C10H5BrF2N2O3. The fourth-order valence-electron chi connectivity index (χ4n) is 1.34. The molecule has 0 fully saturated rings. The van der Waals surface area contributed by atoms with Crippen molar-refractivity contribution < 1.29 is 23.8 Å². The third-order valence-electron chi connectivity index (χ3n) is 2.22. The van der Waals surface area contributed by atoms with E-state index in [9.17, 15) is 13.6 Å². The number of benzene rings is 1. The summed E-state index contributed by atoms with van der Waals surface area (Å²) in [7, 11) is 0. The number of carboxylic acids is 1. The smallest absolute Gasteiger partial charge is 0.353 e. The summed E-state index contributed by atoms with van der Waals surface area (Å²) in [5.74, 6) is -4.86. The summed E-state index contributed by atoms with van der Waals surface area (Å²) in [5.41, 5.74) is -0.598. The number of aromatic nitrogens is 2. The van der Waals surface area contributed by atoms with Crippen molar-refractivity contribution in [1.82, 2.24) is 10.2 Å². The van der Waals surface area contributed by atoms with Gasteiger partial charge in [0.2, 0.25) is 5.82 Å². The maximum Gasteiger partial charge on any atom is 0.353 e. The van der Waals surface area contributed by atoms with Gasteiger partial charge in [0.15, 0.2) is 11.6 Å². The third-order valence-corrected chi connectivity index (χ3v) is 2.82. The number of carbonyl (C=O) groups is 1. The SMILES string of the molecule is O=C(O)c1cc(-c2cc(Br)c(O)c(F)c2F)n[nH]1. The fraction of sp³-hybridized carbons (Fsp3) is 0. The van der Waals surface area contributed by atoms with E-state index in [2.05, 4.69) is 26.1 Å². The second-order valence-electron chi connectivity index (χ2n) is 3.35. The Kier molecular flexibility index (Phi) is 3.04. The van der Waals surface area contributed by atoms with E-state index in [0.717, 1.165) is 12.1 Å². The summed E-state index contributed by atoms with van der Waals surface area (Å²) in [6.07, 6.45) is 0. The van der Waals surface area contributed by atoms with Gasteiger partial charge in [0.05, 0.1) is 10.2 Å². The number of aromatic hydroxyl groups is 1. The van der Waals surface area contributed by atoms with Gasteiger partial charge >= 0.3 is 5.97 Å². The first-order chi connectivity index (χ1) is 8.41. The predicted molar refractivity (Wildman–Crippen MR) is 60.3 cm³/mol. The van der Waals surface area contributed by atoms with E-state index in [1.807, 2.05) is 0 Å². The molecule has 0 aliphatic carbocycles. The number of hydrogen-bond acceptors (Lipinski definition) is 3. The lowest BCUT2D eigenvalue weighted by Gasteiger charge is -2.04. The molecule has 1 aromatic heterocycles. The van der Waals surface area contributed by atoms with Crippen molar-refractivity contribution in [1.29, 1.82) is 0 Å². The number of rotatable bonds is 2. The Morgan fingerprint density at radius 1 is 1.33 bits per heavy atom. The van der Waals surface area contributed by atoms with E-state index in [4.69, 9.17) is 10.2 Å². The molecule has 0 aliphatic heterocycles. The van der Waals surface area contributed by atoms with Gasteiger partial charge in [-0.25, -0.2) is 9.18 Å². The Hall–Kier alpha value is -1.96. The molecule has 0 unspecified atom stereocenters. The number of H-pyrrole nitrogens is 1. The molecule has 5 nitrogen and oxygen atoms in total. The summed E-state index contributed by atoms with van der Waals surface area (Å²) in [6.45, 7) is 0. The summed E-state index contributed by atoms with van der Waals surface area (Å²) in [6, 6.07) is 2.17. The topological polar surface area (TPSA) is 86.2 Å². The highest BCUT2D eigenvalue weighted by atomic mass is 79.9. The van der Waals surface area contributed by atoms with Crippen LogP contribution in [-0.4, -0.2) is 26.4 Å². The zero-order valence-corrected chi connectivity index (χ0v) is 10.1. The molecule has 0 spiro atoms. The molecule has 2 rings (SSSR count). The summed E-state index contributed by atoms with van der Waals surface area (Å²) in [4.78, 5) is 10.6. The van der Waals surface area contributed by atoms with E-state index in [0.29, 0.717) is 0 Å². The minimum Gasteiger partial charge on any atom is -0.504 e. The fourth-order valence-corrected chi connectivity index (χ4v) is 1.74. The van der Waals surface area contributed by atoms with Gasteiger partial charge in [-0.1, -0.05) is 0 Å². The van der Waals surface area contributed by atoms with E-state index >= 15 is 0 Å². The van der Waals surface area contributed by atoms with Gasteiger partial charge in [0.1, 0.15) is 5.69 Å². The van der Waals surface area contributed by atoms with E-state index < -0.39 is 23.4 Å². The molecule has 0 aliphatic rings. The van der Waals surface area contributed by atoms with Gasteiger partial charge < -0.3 is 10.2 Å². The predicted octanol–water partition coefficient (Wildman–Crippen LogP) is 2.52. The van der Waals surface area contributed by atoms with Crippen LogP contribution in [0.25, 0.3) is 11.3 Å². The van der Waals surface area contributed by atoms with Crippen molar-refractivity contribution in [3.05, 3.63) is 33.9 Å². The summed E-state index contributed by atoms with van der Waals surface area (Å²) >= 11 is 2.85. The normalized spacial score (nSPS) is 10.6. The van der Waals surface area contributed by atoms with Crippen molar-refractivity contribution in [3.8, 4) is 17.0 Å². The van der Waals surface area contributed by atoms with Crippen LogP contribution in [0.3, 0.4) is 0 Å². The Morgan fingerprint density at radius 3 is 2.56 bits per heavy atom. The number of nitrogens with zero attached hydrogens (tertiary/aromatic N) is 1. The number of phenolic OH excluding ortho intramolecular Hbond substituents is 1. The first-order valence-corrected chi connectivity index (χ1v) is 5.36. The third kappa shape index (κ3) is 1.94. The zero-order valence-electron chi connectivity index (χ0n) is 8.54. The number of aromatic amines is 1. The van der Waals surface area contributed by atoms with Crippen LogP contribution in [0.4, 0.5) is 8.78 Å². The summed E-state index contributed by atoms with van der Waals surface area (Å²) < 4.78 is 26.8. The standard InChI is InChI=1S/C10H5BrF2N2O3/c11-4-1-3(7(12)8(13)9(4)16)5-2-6(10(17)18)15-14-5/h1-2,16H,(H,14,15)(H,17,18). The Balaban J connectivity index is 2.60. The van der Waals surface area contributed by atoms with Gasteiger partial charge in [0.25, 0.3) is 0 Å². The molecule has 0 amide bonds. The summed E-state index contributed by atoms with van der Waals surface area (Å²) in [5, 5.41) is 23.6. The van der Waals surface area contributed by atoms with Crippen LogP contribution < -0.4 is 0 Å². The van der Waals surface area contributed by atoms with Crippen molar-refractivity contribution in [3.63, 3.8) is 0 Å². The zero-order chi connectivity index (χ0) is 13.4. The van der Waals surface area contributed by atoms with Crippen molar-refractivity contribution in [2.45, 2.75) is 0 Å². The molecule has 0 atom stereocenters. The molecule has 0 bridgehead atoms. The van der Waals surface area contributed by atoms with Gasteiger partial charge in [-0.05, 0) is 28.1 Å².